The Morgan fingerprint density at radius 1 is 1.09 bits per heavy atom. The Hall–Kier alpha value is -3.56. The highest BCUT2D eigenvalue weighted by atomic mass is 32.2. The van der Waals surface area contributed by atoms with E-state index in [1.807, 2.05) is 24.3 Å². The average Bonchev–Trinajstić information content (AvgIpc) is 3.16. The normalized spacial score (nSPS) is 15.4. The zero-order valence-corrected chi connectivity index (χ0v) is 20.1. The number of thiophene rings is 1. The SMILES string of the molecule is COc1ccccc1-n1c(O)c(C2=Nc3ccccc3S[C@@H](c3ccc(C)s3)C2)c(=O)[nH]c1=O. The number of nitrogens with zero attached hydrogens (tertiary/aromatic N) is 2. The summed E-state index contributed by atoms with van der Waals surface area (Å²) in [5, 5.41) is 11.3. The number of hydrogen-bond donors (Lipinski definition) is 2. The molecule has 9 heteroatoms. The lowest BCUT2D eigenvalue weighted by atomic mass is 10.1. The molecule has 7 nitrogen and oxygen atoms in total. The zero-order chi connectivity index (χ0) is 23.8. The maximum atomic E-state index is 13.0. The van der Waals surface area contributed by atoms with Crippen molar-refractivity contribution in [3.8, 4) is 17.3 Å². The number of hydrogen-bond acceptors (Lipinski definition) is 7. The molecule has 1 aliphatic heterocycles. The van der Waals surface area contributed by atoms with Crippen molar-refractivity contribution >= 4 is 34.5 Å². The molecule has 0 saturated heterocycles. The molecule has 0 radical (unpaired) electrons. The summed E-state index contributed by atoms with van der Waals surface area (Å²) < 4.78 is 6.42. The zero-order valence-electron chi connectivity index (χ0n) is 18.4. The number of rotatable bonds is 4. The van der Waals surface area contributed by atoms with Crippen LogP contribution in [-0.4, -0.2) is 27.5 Å². The van der Waals surface area contributed by atoms with Gasteiger partial charge in [0.15, 0.2) is 0 Å². The Kier molecular flexibility index (Phi) is 5.89. The summed E-state index contributed by atoms with van der Waals surface area (Å²) in [7, 11) is 1.48. The number of methoxy groups -OCH3 is 1. The molecule has 1 aliphatic rings. The monoisotopic (exact) mass is 491 g/mol. The van der Waals surface area contributed by atoms with Crippen molar-refractivity contribution in [2.24, 2.45) is 4.99 Å². The highest BCUT2D eigenvalue weighted by Gasteiger charge is 2.28. The van der Waals surface area contributed by atoms with E-state index in [0.717, 1.165) is 14.3 Å². The molecule has 3 heterocycles. The van der Waals surface area contributed by atoms with E-state index < -0.39 is 17.1 Å². The van der Waals surface area contributed by atoms with Crippen molar-refractivity contribution < 1.29 is 9.84 Å². The van der Waals surface area contributed by atoms with Gasteiger partial charge >= 0.3 is 5.69 Å². The van der Waals surface area contributed by atoms with Gasteiger partial charge in [-0.25, -0.2) is 9.36 Å². The third-order valence-corrected chi connectivity index (χ3v) is 8.12. The molecule has 0 unspecified atom stereocenters. The standard InChI is InChI=1S/C25H21N3O4S2/c1-14-11-12-20(33-14)21-13-16(26-15-7-3-6-10-19(15)34-21)22-23(29)27-25(31)28(24(22)30)17-8-4-5-9-18(17)32-2/h3-12,21,30H,13H2,1-2H3,(H,27,29,31)/t21-/m1/s1. The number of thioether (sulfide) groups is 1. The van der Waals surface area contributed by atoms with E-state index in [4.69, 9.17) is 9.73 Å². The minimum atomic E-state index is -0.759. The largest absolute Gasteiger partial charge is 0.495 e. The van der Waals surface area contributed by atoms with E-state index in [-0.39, 0.29) is 10.8 Å². The van der Waals surface area contributed by atoms with Crippen LogP contribution in [0.15, 0.2) is 80.1 Å². The van der Waals surface area contributed by atoms with Gasteiger partial charge in [0.05, 0.1) is 24.2 Å². The first-order valence-corrected chi connectivity index (χ1v) is 12.3. The highest BCUT2D eigenvalue weighted by Crippen LogP contribution is 2.47. The molecule has 4 aromatic rings. The Morgan fingerprint density at radius 3 is 2.62 bits per heavy atom. The van der Waals surface area contributed by atoms with Crippen LogP contribution in [0, 0.1) is 6.92 Å². The minimum Gasteiger partial charge on any atom is -0.495 e. The summed E-state index contributed by atoms with van der Waals surface area (Å²) in [5.74, 6) is -0.0870. The molecule has 0 aliphatic carbocycles. The molecule has 1 atom stereocenters. The number of benzene rings is 2. The van der Waals surface area contributed by atoms with Gasteiger partial charge in [-0.2, -0.15) is 0 Å². The van der Waals surface area contributed by atoms with E-state index in [9.17, 15) is 14.7 Å². The quantitative estimate of drug-likeness (QED) is 0.420. The molecule has 0 amide bonds. The summed E-state index contributed by atoms with van der Waals surface area (Å²) in [6.45, 7) is 2.05. The molecule has 2 aromatic carbocycles. The van der Waals surface area contributed by atoms with Crippen molar-refractivity contribution in [1.29, 1.82) is 0 Å². The first kappa shape index (κ1) is 22.2. The highest BCUT2D eigenvalue weighted by molar-refractivity contribution is 7.99. The molecule has 5 rings (SSSR count). The Labute approximate surface area is 203 Å². The topological polar surface area (TPSA) is 96.7 Å². The number of H-pyrrole nitrogens is 1. The lowest BCUT2D eigenvalue weighted by Crippen LogP contribution is -2.33. The number of nitrogens with one attached hydrogen (secondary N) is 1. The maximum Gasteiger partial charge on any atom is 0.335 e. The van der Waals surface area contributed by atoms with Gasteiger partial charge in [0.2, 0.25) is 5.88 Å². The van der Waals surface area contributed by atoms with Crippen LogP contribution in [0.4, 0.5) is 5.69 Å². The smallest absolute Gasteiger partial charge is 0.335 e. The van der Waals surface area contributed by atoms with Crippen molar-refractivity contribution in [1.82, 2.24) is 9.55 Å². The van der Waals surface area contributed by atoms with Crippen molar-refractivity contribution in [2.75, 3.05) is 7.11 Å². The van der Waals surface area contributed by atoms with Crippen molar-refractivity contribution in [3.05, 3.63) is 96.8 Å². The number of para-hydroxylation sites is 3. The summed E-state index contributed by atoms with van der Waals surface area (Å²) >= 11 is 3.37. The summed E-state index contributed by atoms with van der Waals surface area (Å²) in [6.07, 6.45) is 0.403. The predicted octanol–water partition coefficient (Wildman–Crippen LogP) is 4.97. The van der Waals surface area contributed by atoms with Gasteiger partial charge in [0.1, 0.15) is 11.3 Å². The van der Waals surface area contributed by atoms with Crippen LogP contribution in [0.5, 0.6) is 11.6 Å². The van der Waals surface area contributed by atoms with Gasteiger partial charge < -0.3 is 9.84 Å². The molecule has 0 saturated carbocycles. The van der Waals surface area contributed by atoms with Crippen LogP contribution in [0.2, 0.25) is 0 Å². The van der Waals surface area contributed by atoms with Gasteiger partial charge in [0, 0.05) is 26.3 Å². The van der Waals surface area contributed by atoms with Crippen LogP contribution in [0.1, 0.15) is 27.0 Å². The molecule has 0 fully saturated rings. The van der Waals surface area contributed by atoms with Gasteiger partial charge in [-0.1, -0.05) is 24.3 Å². The molecule has 2 N–H and O–H groups in total. The number of ether oxygens (including phenoxy) is 1. The third kappa shape index (κ3) is 3.97. The fourth-order valence-corrected chi connectivity index (χ4v) is 6.26. The Morgan fingerprint density at radius 2 is 1.85 bits per heavy atom. The average molecular weight is 492 g/mol. The number of fused-ring (bicyclic) bond motifs is 1. The predicted molar refractivity (Wildman–Crippen MR) is 136 cm³/mol. The third-order valence-electron chi connectivity index (χ3n) is 5.55. The second kappa shape index (κ2) is 9.00. The number of aliphatic imine (C=N–C) groups is 1. The van der Waals surface area contributed by atoms with E-state index in [0.29, 0.717) is 29.3 Å². The van der Waals surface area contributed by atoms with Crippen molar-refractivity contribution in [2.45, 2.75) is 23.5 Å². The lowest BCUT2D eigenvalue weighted by molar-refractivity contribution is 0.401. The molecule has 34 heavy (non-hydrogen) atoms. The fraction of sp³-hybridized carbons (Fsp3) is 0.160. The van der Waals surface area contributed by atoms with Crippen LogP contribution >= 0.6 is 23.1 Å². The first-order valence-electron chi connectivity index (χ1n) is 10.6. The van der Waals surface area contributed by atoms with E-state index in [1.165, 1.54) is 12.0 Å². The minimum absolute atomic E-state index is 0.00783. The maximum absolute atomic E-state index is 13.0. The second-order valence-electron chi connectivity index (χ2n) is 7.75. The Bertz CT molecular complexity index is 1530. The molecular formula is C25H21N3O4S2. The fourth-order valence-electron chi connectivity index (χ4n) is 3.98. The number of aromatic nitrogens is 2. The van der Waals surface area contributed by atoms with E-state index >= 15 is 0 Å². The molecule has 2 aromatic heterocycles. The lowest BCUT2D eigenvalue weighted by Gasteiger charge is -2.16. The number of aryl methyl sites for hydroxylation is 1. The first-order chi connectivity index (χ1) is 16.5. The van der Waals surface area contributed by atoms with Gasteiger partial charge in [0.25, 0.3) is 5.56 Å². The molecule has 172 valence electrons. The molecular weight excluding hydrogens is 470 g/mol. The summed E-state index contributed by atoms with van der Waals surface area (Å²) in [4.78, 5) is 36.3. The van der Waals surface area contributed by atoms with Gasteiger partial charge in [-0.15, -0.1) is 23.1 Å². The molecule has 0 bridgehead atoms. The van der Waals surface area contributed by atoms with E-state index in [2.05, 4.69) is 24.0 Å². The number of aromatic hydroxyl groups is 1. The van der Waals surface area contributed by atoms with Crippen LogP contribution in [-0.2, 0) is 0 Å². The van der Waals surface area contributed by atoms with Gasteiger partial charge in [-0.05, 0) is 43.3 Å². The van der Waals surface area contributed by atoms with Crippen LogP contribution < -0.4 is 16.0 Å². The van der Waals surface area contributed by atoms with Crippen LogP contribution in [0.3, 0.4) is 0 Å². The van der Waals surface area contributed by atoms with Crippen molar-refractivity contribution in [3.63, 3.8) is 0 Å². The molecule has 0 spiro atoms. The summed E-state index contributed by atoms with van der Waals surface area (Å²) in [5.41, 5.74) is -0.0217. The summed E-state index contributed by atoms with van der Waals surface area (Å²) in [6, 6.07) is 18.7. The number of aromatic amines is 1. The van der Waals surface area contributed by atoms with Gasteiger partial charge in [-0.3, -0.25) is 14.8 Å². The van der Waals surface area contributed by atoms with E-state index in [1.54, 1.807) is 47.4 Å². The van der Waals surface area contributed by atoms with Crippen LogP contribution in [0.25, 0.3) is 5.69 Å². The second-order valence-corrected chi connectivity index (χ2v) is 10.3. The Balaban J connectivity index is 1.73.